The van der Waals surface area contributed by atoms with Crippen LogP contribution in [0.1, 0.15) is 6.92 Å². The second-order valence-electron chi connectivity index (χ2n) is 4.12. The van der Waals surface area contributed by atoms with Crippen LogP contribution in [0.5, 0.6) is 0 Å². The maximum Gasteiger partial charge on any atom is 0.237 e. The maximum absolute atomic E-state index is 11.9. The number of amides is 1. The summed E-state index contributed by atoms with van der Waals surface area (Å²) in [5, 5.41) is 6.27. The number of rotatable bonds is 7. The number of thioether (sulfide) groups is 1. The Morgan fingerprint density at radius 1 is 1.59 bits per heavy atom. The molecule has 5 heteroatoms. The molecule has 0 radical (unpaired) electrons. The van der Waals surface area contributed by atoms with Crippen molar-refractivity contribution in [3.05, 3.63) is 12.7 Å². The molecule has 1 fully saturated rings. The summed E-state index contributed by atoms with van der Waals surface area (Å²) in [4.78, 5) is 14.1. The topological polar surface area (TPSA) is 44.4 Å². The highest BCUT2D eigenvalue weighted by Gasteiger charge is 2.21. The second kappa shape index (κ2) is 8.55. The molecule has 1 amide bonds. The van der Waals surface area contributed by atoms with E-state index in [1.54, 1.807) is 11.8 Å². The molecule has 1 rings (SSSR count). The number of hydrogen-bond donors (Lipinski definition) is 2. The molecule has 0 aromatic heterocycles. The maximum atomic E-state index is 11.9. The number of nitrogens with one attached hydrogen (secondary N) is 2. The van der Waals surface area contributed by atoms with Gasteiger partial charge in [0.1, 0.15) is 0 Å². The van der Waals surface area contributed by atoms with E-state index in [0.29, 0.717) is 0 Å². The summed E-state index contributed by atoms with van der Waals surface area (Å²) in [6.07, 6.45) is 1.88. The molecule has 4 nitrogen and oxygen atoms in total. The third kappa shape index (κ3) is 5.57. The fourth-order valence-electron chi connectivity index (χ4n) is 1.80. The SMILES string of the molecule is C=CCSCCNC(=O)C(C)N1CCNCC1. The van der Waals surface area contributed by atoms with Crippen molar-refractivity contribution in [2.75, 3.05) is 44.2 Å². The zero-order valence-electron chi connectivity index (χ0n) is 10.6. The van der Waals surface area contributed by atoms with E-state index in [1.807, 2.05) is 13.0 Å². The van der Waals surface area contributed by atoms with Crippen LogP contribution in [0.2, 0.25) is 0 Å². The lowest BCUT2D eigenvalue weighted by molar-refractivity contribution is -0.125. The van der Waals surface area contributed by atoms with Crippen molar-refractivity contribution in [1.29, 1.82) is 0 Å². The van der Waals surface area contributed by atoms with Gasteiger partial charge in [0, 0.05) is 44.2 Å². The van der Waals surface area contributed by atoms with Crippen LogP contribution < -0.4 is 10.6 Å². The number of carbonyl (C=O) groups is 1. The fraction of sp³-hybridized carbons (Fsp3) is 0.750. The molecule has 1 unspecified atom stereocenters. The molecule has 1 aliphatic rings. The number of piperazine rings is 1. The van der Waals surface area contributed by atoms with Gasteiger partial charge in [-0.3, -0.25) is 9.69 Å². The molecule has 0 saturated carbocycles. The number of hydrogen-bond acceptors (Lipinski definition) is 4. The zero-order chi connectivity index (χ0) is 12.5. The minimum absolute atomic E-state index is 0.0125. The van der Waals surface area contributed by atoms with E-state index >= 15 is 0 Å². The normalized spacial score (nSPS) is 18.6. The van der Waals surface area contributed by atoms with E-state index < -0.39 is 0 Å². The average molecular weight is 257 g/mol. The fourth-order valence-corrected chi connectivity index (χ4v) is 2.38. The van der Waals surface area contributed by atoms with Crippen LogP contribution >= 0.6 is 11.8 Å². The van der Waals surface area contributed by atoms with Gasteiger partial charge in [0.05, 0.1) is 6.04 Å². The van der Waals surface area contributed by atoms with Crippen LogP contribution in [0.25, 0.3) is 0 Å². The van der Waals surface area contributed by atoms with Crippen LogP contribution in [0.4, 0.5) is 0 Å². The van der Waals surface area contributed by atoms with Gasteiger partial charge in [-0.2, -0.15) is 11.8 Å². The third-order valence-electron chi connectivity index (χ3n) is 2.86. The van der Waals surface area contributed by atoms with Crippen molar-refractivity contribution in [2.45, 2.75) is 13.0 Å². The van der Waals surface area contributed by atoms with Crippen LogP contribution in [0, 0.1) is 0 Å². The van der Waals surface area contributed by atoms with Gasteiger partial charge in [-0.15, -0.1) is 6.58 Å². The van der Waals surface area contributed by atoms with Gasteiger partial charge >= 0.3 is 0 Å². The second-order valence-corrected chi connectivity index (χ2v) is 5.27. The molecular weight excluding hydrogens is 234 g/mol. The van der Waals surface area contributed by atoms with Crippen molar-refractivity contribution in [3.63, 3.8) is 0 Å². The van der Waals surface area contributed by atoms with Gasteiger partial charge in [-0.05, 0) is 6.92 Å². The first-order valence-corrected chi connectivity index (χ1v) is 7.32. The van der Waals surface area contributed by atoms with E-state index in [0.717, 1.165) is 44.2 Å². The van der Waals surface area contributed by atoms with Crippen molar-refractivity contribution in [1.82, 2.24) is 15.5 Å². The van der Waals surface area contributed by atoms with E-state index in [-0.39, 0.29) is 11.9 Å². The highest BCUT2D eigenvalue weighted by molar-refractivity contribution is 7.99. The number of nitrogens with zero attached hydrogens (tertiary/aromatic N) is 1. The highest BCUT2D eigenvalue weighted by atomic mass is 32.2. The van der Waals surface area contributed by atoms with Crippen LogP contribution in [-0.4, -0.2) is 61.1 Å². The summed E-state index contributed by atoms with van der Waals surface area (Å²) in [5.41, 5.74) is 0. The quantitative estimate of drug-likeness (QED) is 0.509. The highest BCUT2D eigenvalue weighted by Crippen LogP contribution is 2.01. The third-order valence-corrected chi connectivity index (χ3v) is 3.82. The Balaban J connectivity index is 2.14. The van der Waals surface area contributed by atoms with Crippen LogP contribution in [0.15, 0.2) is 12.7 Å². The molecular formula is C12H23N3OS. The average Bonchev–Trinajstić information content (AvgIpc) is 2.38. The van der Waals surface area contributed by atoms with Gasteiger partial charge in [0.2, 0.25) is 5.91 Å². The molecule has 0 aromatic rings. The van der Waals surface area contributed by atoms with Crippen molar-refractivity contribution in [3.8, 4) is 0 Å². The zero-order valence-corrected chi connectivity index (χ0v) is 11.4. The summed E-state index contributed by atoms with van der Waals surface area (Å²) >= 11 is 1.79. The molecule has 17 heavy (non-hydrogen) atoms. The first kappa shape index (κ1) is 14.5. The predicted molar refractivity (Wildman–Crippen MR) is 74.4 cm³/mol. The van der Waals surface area contributed by atoms with E-state index in [9.17, 15) is 4.79 Å². The Labute approximate surface area is 108 Å². The Morgan fingerprint density at radius 3 is 2.94 bits per heavy atom. The van der Waals surface area contributed by atoms with Gasteiger partial charge in [-0.1, -0.05) is 6.08 Å². The van der Waals surface area contributed by atoms with Gasteiger partial charge in [0.25, 0.3) is 0 Å². The lowest BCUT2D eigenvalue weighted by Crippen LogP contribution is -2.52. The first-order chi connectivity index (χ1) is 8.25. The molecule has 98 valence electrons. The predicted octanol–water partition coefficient (Wildman–Crippen LogP) is 0.316. The molecule has 2 N–H and O–H groups in total. The summed E-state index contributed by atoms with van der Waals surface area (Å²) in [6.45, 7) is 10.3. The first-order valence-electron chi connectivity index (χ1n) is 6.17. The van der Waals surface area contributed by atoms with Crippen LogP contribution in [-0.2, 0) is 4.79 Å². The molecule has 0 aromatic carbocycles. The summed E-state index contributed by atoms with van der Waals surface area (Å²) in [7, 11) is 0. The van der Waals surface area contributed by atoms with Gasteiger partial charge < -0.3 is 10.6 Å². The molecule has 1 saturated heterocycles. The van der Waals surface area contributed by atoms with E-state index in [4.69, 9.17) is 0 Å². The van der Waals surface area contributed by atoms with Gasteiger partial charge in [0.15, 0.2) is 0 Å². The lowest BCUT2D eigenvalue weighted by Gasteiger charge is -2.31. The molecule has 0 aliphatic carbocycles. The molecule has 0 spiro atoms. The van der Waals surface area contributed by atoms with Crippen molar-refractivity contribution >= 4 is 17.7 Å². The number of carbonyl (C=O) groups excluding carboxylic acids is 1. The largest absolute Gasteiger partial charge is 0.354 e. The smallest absolute Gasteiger partial charge is 0.237 e. The van der Waals surface area contributed by atoms with Crippen molar-refractivity contribution < 1.29 is 4.79 Å². The molecule has 1 heterocycles. The Morgan fingerprint density at radius 2 is 2.29 bits per heavy atom. The lowest BCUT2D eigenvalue weighted by atomic mass is 10.2. The van der Waals surface area contributed by atoms with Crippen molar-refractivity contribution in [2.24, 2.45) is 0 Å². The van der Waals surface area contributed by atoms with E-state index in [2.05, 4.69) is 22.1 Å². The summed E-state index contributed by atoms with van der Waals surface area (Å²) in [6, 6.07) is -0.0125. The van der Waals surface area contributed by atoms with E-state index in [1.165, 1.54) is 0 Å². The Hall–Kier alpha value is -0.520. The standard InChI is InChI=1S/C12H23N3OS/c1-3-9-17-10-6-14-12(16)11(2)15-7-4-13-5-8-15/h3,11,13H,1,4-10H2,2H3,(H,14,16). The Bertz CT molecular complexity index is 242. The monoisotopic (exact) mass is 257 g/mol. The summed E-state index contributed by atoms with van der Waals surface area (Å²) in [5.74, 6) is 2.04. The Kier molecular flexibility index (Phi) is 7.32. The molecule has 0 bridgehead atoms. The minimum atomic E-state index is -0.0125. The minimum Gasteiger partial charge on any atom is -0.354 e. The molecule has 1 aliphatic heterocycles. The molecule has 1 atom stereocenters. The van der Waals surface area contributed by atoms with Gasteiger partial charge in [-0.25, -0.2) is 0 Å². The summed E-state index contributed by atoms with van der Waals surface area (Å²) < 4.78 is 0. The van der Waals surface area contributed by atoms with Crippen LogP contribution in [0.3, 0.4) is 0 Å².